The Morgan fingerprint density at radius 3 is 1.38 bits per heavy atom. The average Bonchev–Trinajstić information content (AvgIpc) is 4.02. The second-order valence-electron chi connectivity index (χ2n) is 18.4. The zero-order valence-electron chi connectivity index (χ0n) is 36.0. The van der Waals surface area contributed by atoms with E-state index in [1.165, 1.54) is 120 Å². The predicted molar refractivity (Wildman–Crippen MR) is 265 cm³/mol. The molecule has 1 fully saturated rings. The van der Waals surface area contributed by atoms with E-state index >= 15 is 0 Å². The lowest BCUT2D eigenvalue weighted by atomic mass is 9.76. The van der Waals surface area contributed by atoms with Crippen molar-refractivity contribution in [1.29, 1.82) is 0 Å². The molecule has 9 aromatic carbocycles. The van der Waals surface area contributed by atoms with Gasteiger partial charge < -0.3 is 4.90 Å². The Hall–Kier alpha value is -7.22. The highest BCUT2D eigenvalue weighted by molar-refractivity contribution is 5.93. The summed E-state index contributed by atoms with van der Waals surface area (Å²) in [6.45, 7) is 4.76. The highest BCUT2D eigenvalue weighted by Crippen LogP contribution is 2.58. The van der Waals surface area contributed by atoms with Gasteiger partial charge >= 0.3 is 0 Å². The van der Waals surface area contributed by atoms with Crippen molar-refractivity contribution in [3.63, 3.8) is 0 Å². The van der Waals surface area contributed by atoms with Crippen LogP contribution in [0.25, 0.3) is 66.8 Å². The molecule has 1 nitrogen and oxygen atoms in total. The first-order chi connectivity index (χ1) is 31.0. The molecule has 0 atom stereocenters. The lowest BCUT2D eigenvalue weighted by Gasteiger charge is -2.30. The third-order valence-electron chi connectivity index (χ3n) is 14.7. The van der Waals surface area contributed by atoms with Crippen LogP contribution in [0.2, 0.25) is 0 Å². The second-order valence-corrected chi connectivity index (χ2v) is 18.4. The van der Waals surface area contributed by atoms with Gasteiger partial charge in [0, 0.05) is 27.9 Å². The molecule has 1 heteroatoms. The van der Waals surface area contributed by atoms with Gasteiger partial charge in [0.25, 0.3) is 0 Å². The Balaban J connectivity index is 0.946. The molecule has 0 aliphatic heterocycles. The topological polar surface area (TPSA) is 3.24 Å². The highest BCUT2D eigenvalue weighted by atomic mass is 15.1. The molecule has 3 aliphatic rings. The normalized spacial score (nSPS) is 14.8. The van der Waals surface area contributed by atoms with Crippen LogP contribution in [0.4, 0.5) is 17.1 Å². The standard InChI is InChI=1S/C62H49N/c1-61(2)57-23-10-8-20-53(57)56-22-14-21-55(60(56)61)51-18-7-6-17-50(51)46-31-35-48(36-32-46)63(47-33-29-45(30-34-47)44-27-25-43(26-28-44)42-15-4-3-5-16-42)49-37-38-54-52-19-9-11-24-58(52)62(59(54)41-49)39-12-13-40-62/h3-11,14-38,41H,12-13,39-40H2,1-2H3. The van der Waals surface area contributed by atoms with Crippen LogP contribution in [0.3, 0.4) is 0 Å². The van der Waals surface area contributed by atoms with Crippen LogP contribution in [-0.4, -0.2) is 0 Å². The summed E-state index contributed by atoms with van der Waals surface area (Å²) in [7, 11) is 0. The third-order valence-corrected chi connectivity index (χ3v) is 14.7. The minimum atomic E-state index is -0.102. The minimum absolute atomic E-state index is 0.0878. The van der Waals surface area contributed by atoms with Crippen LogP contribution in [0.15, 0.2) is 212 Å². The molecule has 0 radical (unpaired) electrons. The van der Waals surface area contributed by atoms with Gasteiger partial charge in [-0.3, -0.25) is 0 Å². The van der Waals surface area contributed by atoms with Crippen LogP contribution in [0.5, 0.6) is 0 Å². The summed E-state index contributed by atoms with van der Waals surface area (Å²) >= 11 is 0. The first-order valence-electron chi connectivity index (χ1n) is 22.7. The summed E-state index contributed by atoms with van der Waals surface area (Å²) < 4.78 is 0. The van der Waals surface area contributed by atoms with E-state index in [2.05, 4.69) is 231 Å². The van der Waals surface area contributed by atoms with E-state index in [1.807, 2.05) is 0 Å². The van der Waals surface area contributed by atoms with Gasteiger partial charge in [0.2, 0.25) is 0 Å². The fourth-order valence-electron chi connectivity index (χ4n) is 11.7. The first kappa shape index (κ1) is 37.5. The first-order valence-corrected chi connectivity index (χ1v) is 22.7. The van der Waals surface area contributed by atoms with E-state index in [1.54, 1.807) is 0 Å². The van der Waals surface area contributed by atoms with Gasteiger partial charge in [0.15, 0.2) is 0 Å². The van der Waals surface area contributed by atoms with Gasteiger partial charge in [-0.25, -0.2) is 0 Å². The van der Waals surface area contributed by atoms with Gasteiger partial charge in [-0.2, -0.15) is 0 Å². The monoisotopic (exact) mass is 807 g/mol. The number of benzene rings is 9. The van der Waals surface area contributed by atoms with Crippen molar-refractivity contribution >= 4 is 17.1 Å². The Morgan fingerprint density at radius 2 is 0.746 bits per heavy atom. The molecule has 12 rings (SSSR count). The summed E-state index contributed by atoms with van der Waals surface area (Å²) in [4.78, 5) is 2.47. The van der Waals surface area contributed by atoms with Crippen molar-refractivity contribution in [1.82, 2.24) is 0 Å². The number of nitrogens with zero attached hydrogens (tertiary/aromatic N) is 1. The molecule has 0 heterocycles. The maximum absolute atomic E-state index is 2.52. The highest BCUT2D eigenvalue weighted by Gasteiger charge is 2.45. The summed E-state index contributed by atoms with van der Waals surface area (Å²) in [5.74, 6) is 0. The molecule has 0 aromatic heterocycles. The van der Waals surface area contributed by atoms with Crippen LogP contribution >= 0.6 is 0 Å². The van der Waals surface area contributed by atoms with E-state index in [0.717, 1.165) is 11.4 Å². The zero-order chi connectivity index (χ0) is 42.1. The predicted octanol–water partition coefficient (Wildman–Crippen LogP) is 17.0. The fourth-order valence-corrected chi connectivity index (χ4v) is 11.7. The number of fused-ring (bicyclic) bond motifs is 8. The van der Waals surface area contributed by atoms with Crippen molar-refractivity contribution < 1.29 is 0 Å². The maximum Gasteiger partial charge on any atom is 0.0465 e. The van der Waals surface area contributed by atoms with Crippen molar-refractivity contribution in [2.75, 3.05) is 4.90 Å². The van der Waals surface area contributed by atoms with E-state index in [0.29, 0.717) is 0 Å². The van der Waals surface area contributed by atoms with Crippen molar-refractivity contribution in [2.24, 2.45) is 0 Å². The molecule has 1 saturated carbocycles. The summed E-state index contributed by atoms with van der Waals surface area (Å²) in [5.41, 5.74) is 24.7. The number of anilines is 3. The summed E-state index contributed by atoms with van der Waals surface area (Å²) in [6.07, 6.45) is 4.96. The summed E-state index contributed by atoms with van der Waals surface area (Å²) in [6, 6.07) is 79.2. The molecule has 0 unspecified atom stereocenters. The van der Waals surface area contributed by atoms with E-state index in [9.17, 15) is 0 Å². The van der Waals surface area contributed by atoms with Crippen LogP contribution in [0, 0.1) is 0 Å². The molecule has 302 valence electrons. The number of rotatable bonds is 7. The second kappa shape index (κ2) is 14.7. The van der Waals surface area contributed by atoms with Crippen molar-refractivity contribution in [2.45, 2.75) is 50.4 Å². The zero-order valence-corrected chi connectivity index (χ0v) is 36.0. The number of hydrogen-bond acceptors (Lipinski definition) is 1. The van der Waals surface area contributed by atoms with Gasteiger partial charge in [-0.05, 0) is 138 Å². The quantitative estimate of drug-likeness (QED) is 0.155. The van der Waals surface area contributed by atoms with Crippen molar-refractivity contribution in [3.8, 4) is 66.8 Å². The Bertz CT molecular complexity index is 3160. The Kier molecular flexibility index (Phi) is 8.76. The molecule has 1 spiro atoms. The van der Waals surface area contributed by atoms with Crippen LogP contribution < -0.4 is 4.90 Å². The van der Waals surface area contributed by atoms with Crippen LogP contribution in [-0.2, 0) is 10.8 Å². The third kappa shape index (κ3) is 5.98. The molecule has 0 bridgehead atoms. The molecule has 3 aliphatic carbocycles. The van der Waals surface area contributed by atoms with Gasteiger partial charge in [0.1, 0.15) is 0 Å². The fraction of sp³-hybridized carbons (Fsp3) is 0.129. The van der Waals surface area contributed by atoms with E-state index < -0.39 is 0 Å². The number of hydrogen-bond donors (Lipinski definition) is 0. The SMILES string of the molecule is CC1(C)c2ccccc2-c2cccc(-c3ccccc3-c3ccc(N(c4ccc(-c5ccc(-c6ccccc6)cc5)cc4)c4ccc5c(c4)C4(CCCC4)c4ccccc4-5)cc3)c21. The van der Waals surface area contributed by atoms with Crippen LogP contribution in [0.1, 0.15) is 61.8 Å². The van der Waals surface area contributed by atoms with Gasteiger partial charge in [-0.1, -0.05) is 203 Å². The minimum Gasteiger partial charge on any atom is -0.310 e. The molecule has 0 amide bonds. The molecular formula is C62H49N. The van der Waals surface area contributed by atoms with Crippen molar-refractivity contribution in [3.05, 3.63) is 235 Å². The Morgan fingerprint density at radius 1 is 0.317 bits per heavy atom. The van der Waals surface area contributed by atoms with Gasteiger partial charge in [0.05, 0.1) is 0 Å². The lowest BCUT2D eigenvalue weighted by molar-refractivity contribution is 0.550. The Labute approximate surface area is 372 Å². The molecule has 0 N–H and O–H groups in total. The molecule has 9 aromatic rings. The molecular weight excluding hydrogens is 759 g/mol. The molecule has 63 heavy (non-hydrogen) atoms. The van der Waals surface area contributed by atoms with Gasteiger partial charge in [-0.15, -0.1) is 0 Å². The maximum atomic E-state index is 2.52. The summed E-state index contributed by atoms with van der Waals surface area (Å²) in [5, 5.41) is 0. The molecule has 0 saturated heterocycles. The average molecular weight is 808 g/mol. The van der Waals surface area contributed by atoms with E-state index in [-0.39, 0.29) is 10.8 Å². The lowest BCUT2D eigenvalue weighted by Crippen LogP contribution is -2.21. The smallest absolute Gasteiger partial charge is 0.0465 e. The largest absolute Gasteiger partial charge is 0.310 e. The van der Waals surface area contributed by atoms with E-state index in [4.69, 9.17) is 0 Å².